The molecule has 1 atom stereocenters. The first-order valence-electron chi connectivity index (χ1n) is 7.48. The van der Waals surface area contributed by atoms with Gasteiger partial charge < -0.3 is 9.64 Å². The van der Waals surface area contributed by atoms with Crippen LogP contribution in [0.3, 0.4) is 0 Å². The molecule has 0 saturated carbocycles. The lowest BCUT2D eigenvalue weighted by Gasteiger charge is -2.30. The average molecular weight is 325 g/mol. The number of hydrogen-bond donors (Lipinski definition) is 0. The van der Waals surface area contributed by atoms with E-state index in [0.29, 0.717) is 24.3 Å². The van der Waals surface area contributed by atoms with Crippen LogP contribution >= 0.6 is 0 Å². The second-order valence-electron chi connectivity index (χ2n) is 6.14. The first kappa shape index (κ1) is 16.8. The van der Waals surface area contributed by atoms with Gasteiger partial charge >= 0.3 is 0 Å². The van der Waals surface area contributed by atoms with Gasteiger partial charge in [0.2, 0.25) is 0 Å². The lowest BCUT2D eigenvalue weighted by molar-refractivity contribution is 0.0672. The minimum Gasteiger partial charge on any atom is -0.497 e. The Balaban J connectivity index is 2.26. The summed E-state index contributed by atoms with van der Waals surface area (Å²) in [4.78, 5) is 14.5. The number of methoxy groups -OCH3 is 1. The van der Waals surface area contributed by atoms with E-state index in [4.69, 9.17) is 4.74 Å². The molecule has 122 valence electrons. The fraction of sp³-hybridized carbons (Fsp3) is 0.562. The molecule has 1 aromatic carbocycles. The number of carbonyl (C=O) groups excluding carboxylic acids is 1. The van der Waals surface area contributed by atoms with Gasteiger partial charge in [-0.1, -0.05) is 19.9 Å². The van der Waals surface area contributed by atoms with E-state index >= 15 is 0 Å². The Morgan fingerprint density at radius 1 is 1.41 bits per heavy atom. The fourth-order valence-corrected chi connectivity index (χ4v) is 4.47. The predicted molar refractivity (Wildman–Crippen MR) is 85.9 cm³/mol. The molecule has 1 aromatic rings. The summed E-state index contributed by atoms with van der Waals surface area (Å²) in [7, 11) is -1.47. The van der Waals surface area contributed by atoms with E-state index in [1.165, 1.54) is 0 Å². The van der Waals surface area contributed by atoms with Crippen LogP contribution in [0.1, 0.15) is 30.6 Å². The van der Waals surface area contributed by atoms with Crippen molar-refractivity contribution in [1.82, 2.24) is 4.90 Å². The maximum Gasteiger partial charge on any atom is 0.254 e. The summed E-state index contributed by atoms with van der Waals surface area (Å²) < 4.78 is 28.6. The van der Waals surface area contributed by atoms with Crippen LogP contribution in [0.15, 0.2) is 24.3 Å². The Labute approximate surface area is 132 Å². The van der Waals surface area contributed by atoms with Crippen molar-refractivity contribution >= 4 is 15.7 Å². The van der Waals surface area contributed by atoms with Gasteiger partial charge in [-0.25, -0.2) is 8.42 Å². The number of nitrogens with zero attached hydrogens (tertiary/aromatic N) is 1. The summed E-state index contributed by atoms with van der Waals surface area (Å²) in [5, 5.41) is 0. The lowest BCUT2D eigenvalue weighted by Crippen LogP contribution is -2.43. The predicted octanol–water partition coefficient (Wildman–Crippen LogP) is 1.98. The third kappa shape index (κ3) is 4.00. The van der Waals surface area contributed by atoms with Gasteiger partial charge in [-0.3, -0.25) is 4.79 Å². The molecule has 0 radical (unpaired) electrons. The Morgan fingerprint density at radius 2 is 2.14 bits per heavy atom. The van der Waals surface area contributed by atoms with E-state index in [9.17, 15) is 13.2 Å². The van der Waals surface area contributed by atoms with Crippen molar-refractivity contribution < 1.29 is 17.9 Å². The normalized spacial score (nSPS) is 20.1. The van der Waals surface area contributed by atoms with Crippen LogP contribution in [0.5, 0.6) is 5.75 Å². The van der Waals surface area contributed by atoms with Crippen LogP contribution in [0.2, 0.25) is 0 Å². The highest BCUT2D eigenvalue weighted by atomic mass is 32.2. The van der Waals surface area contributed by atoms with E-state index in [2.05, 4.69) is 0 Å². The lowest BCUT2D eigenvalue weighted by atomic mass is 10.1. The molecule has 5 nitrogen and oxygen atoms in total. The summed E-state index contributed by atoms with van der Waals surface area (Å²) >= 11 is 0. The molecule has 1 heterocycles. The summed E-state index contributed by atoms with van der Waals surface area (Å²) in [5.41, 5.74) is 0.532. The average Bonchev–Trinajstić information content (AvgIpc) is 2.84. The smallest absolute Gasteiger partial charge is 0.254 e. The van der Waals surface area contributed by atoms with Gasteiger partial charge in [-0.15, -0.1) is 0 Å². The molecule has 1 aliphatic rings. The Kier molecular flexibility index (Phi) is 5.11. The number of benzene rings is 1. The molecule has 2 rings (SSSR count). The Hall–Kier alpha value is -1.56. The highest BCUT2D eigenvalue weighted by molar-refractivity contribution is 7.91. The summed E-state index contributed by atoms with van der Waals surface area (Å²) in [6, 6.07) is 6.75. The minimum atomic E-state index is -3.02. The molecule has 6 heteroatoms. The highest BCUT2D eigenvalue weighted by Crippen LogP contribution is 2.22. The van der Waals surface area contributed by atoms with Crippen molar-refractivity contribution in [3.8, 4) is 5.75 Å². The molecule has 1 saturated heterocycles. The first-order chi connectivity index (χ1) is 10.3. The Bertz CT molecular complexity index is 639. The first-order valence-corrected chi connectivity index (χ1v) is 9.30. The van der Waals surface area contributed by atoms with Crippen molar-refractivity contribution in [3.05, 3.63) is 29.8 Å². The fourth-order valence-electron chi connectivity index (χ4n) is 2.73. The maximum atomic E-state index is 12.8. The number of rotatable bonds is 5. The third-order valence-corrected chi connectivity index (χ3v) is 5.54. The number of ether oxygens (including phenoxy) is 1. The number of amides is 1. The van der Waals surface area contributed by atoms with E-state index in [1.807, 2.05) is 13.8 Å². The minimum absolute atomic E-state index is 0.0649. The maximum absolute atomic E-state index is 12.8. The zero-order valence-corrected chi connectivity index (χ0v) is 14.1. The second kappa shape index (κ2) is 6.69. The van der Waals surface area contributed by atoms with Gasteiger partial charge in [0.25, 0.3) is 5.91 Å². The Morgan fingerprint density at radius 3 is 2.68 bits per heavy atom. The molecule has 1 unspecified atom stereocenters. The second-order valence-corrected chi connectivity index (χ2v) is 8.37. The van der Waals surface area contributed by atoms with E-state index in [0.717, 1.165) is 0 Å². The number of hydrogen-bond acceptors (Lipinski definition) is 4. The van der Waals surface area contributed by atoms with Crippen LogP contribution in [0, 0.1) is 5.92 Å². The summed E-state index contributed by atoms with van der Waals surface area (Å²) in [6.07, 6.45) is 0.519. The molecular formula is C16H23NO4S. The van der Waals surface area contributed by atoms with Crippen LogP contribution in [0.4, 0.5) is 0 Å². The topological polar surface area (TPSA) is 63.7 Å². The molecule has 1 aliphatic heterocycles. The van der Waals surface area contributed by atoms with E-state index in [1.54, 1.807) is 36.3 Å². The van der Waals surface area contributed by atoms with E-state index < -0.39 is 9.84 Å². The van der Waals surface area contributed by atoms with Crippen molar-refractivity contribution in [2.75, 3.05) is 25.2 Å². The molecule has 0 aromatic heterocycles. The van der Waals surface area contributed by atoms with Crippen molar-refractivity contribution in [2.24, 2.45) is 5.92 Å². The molecule has 0 N–H and O–H groups in total. The standard InChI is InChI=1S/C16H23NO4S/c1-12(2)10-17(14-7-8-22(19,20)11-14)16(18)13-5-4-6-15(9-13)21-3/h4-6,9,12,14H,7-8,10-11H2,1-3H3. The molecular weight excluding hydrogens is 302 g/mol. The number of carbonyl (C=O) groups is 1. The van der Waals surface area contributed by atoms with Gasteiger partial charge in [0.15, 0.2) is 9.84 Å². The zero-order chi connectivity index (χ0) is 16.3. The molecule has 0 aliphatic carbocycles. The van der Waals surface area contributed by atoms with Crippen molar-refractivity contribution in [1.29, 1.82) is 0 Å². The summed E-state index contributed by atoms with van der Waals surface area (Å²) in [6.45, 7) is 4.60. The quantitative estimate of drug-likeness (QED) is 0.830. The largest absolute Gasteiger partial charge is 0.497 e. The van der Waals surface area contributed by atoms with Crippen LogP contribution in [0.25, 0.3) is 0 Å². The SMILES string of the molecule is COc1cccc(C(=O)N(CC(C)C)C2CCS(=O)(=O)C2)c1. The van der Waals surface area contributed by atoms with Gasteiger partial charge in [-0.05, 0) is 30.5 Å². The van der Waals surface area contributed by atoms with Gasteiger partial charge in [0.1, 0.15) is 5.75 Å². The molecule has 0 spiro atoms. The van der Waals surface area contributed by atoms with Crippen LogP contribution in [-0.4, -0.2) is 50.4 Å². The van der Waals surface area contributed by atoms with Crippen molar-refractivity contribution in [2.45, 2.75) is 26.3 Å². The van der Waals surface area contributed by atoms with Gasteiger partial charge in [-0.2, -0.15) is 0 Å². The van der Waals surface area contributed by atoms with E-state index in [-0.39, 0.29) is 29.4 Å². The zero-order valence-electron chi connectivity index (χ0n) is 13.3. The summed E-state index contributed by atoms with van der Waals surface area (Å²) in [5.74, 6) is 0.995. The monoisotopic (exact) mass is 325 g/mol. The molecule has 22 heavy (non-hydrogen) atoms. The van der Waals surface area contributed by atoms with Crippen LogP contribution < -0.4 is 4.74 Å². The van der Waals surface area contributed by atoms with Crippen molar-refractivity contribution in [3.63, 3.8) is 0 Å². The molecule has 1 fully saturated rings. The molecule has 0 bridgehead atoms. The van der Waals surface area contributed by atoms with Gasteiger partial charge in [0.05, 0.1) is 18.6 Å². The third-order valence-electron chi connectivity index (χ3n) is 3.79. The molecule has 1 amide bonds. The van der Waals surface area contributed by atoms with Gasteiger partial charge in [0, 0.05) is 18.2 Å². The highest BCUT2D eigenvalue weighted by Gasteiger charge is 2.35. The van der Waals surface area contributed by atoms with Crippen LogP contribution in [-0.2, 0) is 9.84 Å². The number of sulfone groups is 1.